The Balaban J connectivity index is 1.53. The number of hydrogen-bond donors (Lipinski definition) is 1. The molecule has 1 saturated carbocycles. The molecule has 1 aliphatic heterocycles. The van der Waals surface area contributed by atoms with Crippen molar-refractivity contribution >= 4 is 23.5 Å². The van der Waals surface area contributed by atoms with Crippen LogP contribution in [0.25, 0.3) is 0 Å². The second kappa shape index (κ2) is 9.08. The lowest BCUT2D eigenvalue weighted by Crippen LogP contribution is -2.41. The van der Waals surface area contributed by atoms with E-state index in [2.05, 4.69) is 5.32 Å². The molecule has 1 saturated heterocycles. The summed E-state index contributed by atoms with van der Waals surface area (Å²) in [5, 5.41) is 2.93. The molecule has 1 aliphatic carbocycles. The average molecular weight is 388 g/mol. The van der Waals surface area contributed by atoms with Gasteiger partial charge in [-0.3, -0.25) is 14.4 Å². The van der Waals surface area contributed by atoms with Crippen LogP contribution in [0, 0.1) is 5.92 Å². The smallest absolute Gasteiger partial charge is 0.312 e. The minimum atomic E-state index is -0.859. The fourth-order valence-corrected chi connectivity index (χ4v) is 3.72. The highest BCUT2D eigenvalue weighted by Gasteiger charge is 2.37. The fraction of sp³-hybridized carbons (Fsp3) is 0.571. The molecule has 28 heavy (non-hydrogen) atoms. The summed E-state index contributed by atoms with van der Waals surface area (Å²) >= 11 is 0. The maximum absolute atomic E-state index is 12.5. The molecule has 7 nitrogen and oxygen atoms in total. The summed E-state index contributed by atoms with van der Waals surface area (Å²) in [6.07, 6.45) is 3.40. The highest BCUT2D eigenvalue weighted by atomic mass is 16.5. The summed E-state index contributed by atoms with van der Waals surface area (Å²) < 4.78 is 10.7. The van der Waals surface area contributed by atoms with Crippen molar-refractivity contribution in [2.24, 2.45) is 5.92 Å². The Bertz CT molecular complexity index is 712. The average Bonchev–Trinajstić information content (AvgIpc) is 3.32. The molecule has 1 heterocycles. The van der Waals surface area contributed by atoms with E-state index in [-0.39, 0.29) is 30.8 Å². The summed E-state index contributed by atoms with van der Waals surface area (Å²) in [5.41, 5.74) is 0.718. The van der Waals surface area contributed by atoms with Gasteiger partial charge in [-0.05, 0) is 51.0 Å². The lowest BCUT2D eigenvalue weighted by Gasteiger charge is -2.19. The molecule has 2 aliphatic rings. The Labute approximate surface area is 165 Å². The van der Waals surface area contributed by atoms with Gasteiger partial charge in [0.05, 0.1) is 12.5 Å². The number of carbonyl (C=O) groups excluding carboxylic acids is 3. The van der Waals surface area contributed by atoms with E-state index in [1.165, 1.54) is 0 Å². The fourth-order valence-electron chi connectivity index (χ4n) is 3.72. The number of amides is 2. The zero-order valence-electron chi connectivity index (χ0n) is 16.5. The lowest BCUT2D eigenvalue weighted by atomic mass is 10.1. The van der Waals surface area contributed by atoms with Gasteiger partial charge < -0.3 is 19.7 Å². The van der Waals surface area contributed by atoms with Gasteiger partial charge in [0.2, 0.25) is 5.91 Å². The third kappa shape index (κ3) is 4.82. The molecule has 1 N–H and O–H groups in total. The number of esters is 1. The standard InChI is InChI=1S/C21H28N2O5/c1-3-27-18-10-8-17(9-11-18)23-13-15(12-19(23)24)21(26)28-14(2)20(25)22-16-6-4-5-7-16/h8-11,14-16H,3-7,12-13H2,1-2H3,(H,22,25)/t14-,15-/m0/s1. The normalized spacial score (nSPS) is 20.9. The number of rotatable bonds is 7. The van der Waals surface area contributed by atoms with Crippen molar-refractivity contribution in [3.05, 3.63) is 24.3 Å². The van der Waals surface area contributed by atoms with E-state index in [0.29, 0.717) is 6.61 Å². The van der Waals surface area contributed by atoms with Crippen LogP contribution in [0.5, 0.6) is 5.75 Å². The Morgan fingerprint density at radius 3 is 2.54 bits per heavy atom. The molecule has 0 bridgehead atoms. The summed E-state index contributed by atoms with van der Waals surface area (Å²) in [7, 11) is 0. The van der Waals surface area contributed by atoms with Gasteiger partial charge in [-0.1, -0.05) is 12.8 Å². The van der Waals surface area contributed by atoms with Crippen LogP contribution in [0.4, 0.5) is 5.69 Å². The molecule has 152 valence electrons. The summed E-state index contributed by atoms with van der Waals surface area (Å²) in [5.74, 6) is -0.741. The first-order valence-electron chi connectivity index (χ1n) is 10.0. The second-order valence-corrected chi connectivity index (χ2v) is 7.40. The van der Waals surface area contributed by atoms with E-state index in [0.717, 1.165) is 37.1 Å². The van der Waals surface area contributed by atoms with Gasteiger partial charge in [-0.15, -0.1) is 0 Å². The third-order valence-electron chi connectivity index (χ3n) is 5.28. The number of carbonyl (C=O) groups is 3. The summed E-state index contributed by atoms with van der Waals surface area (Å²) in [6.45, 7) is 4.30. The number of ether oxygens (including phenoxy) is 2. The zero-order chi connectivity index (χ0) is 20.1. The molecule has 1 aromatic rings. The molecule has 0 unspecified atom stereocenters. The first-order chi connectivity index (χ1) is 13.5. The Hall–Kier alpha value is -2.57. The van der Waals surface area contributed by atoms with E-state index in [1.54, 1.807) is 36.1 Å². The van der Waals surface area contributed by atoms with E-state index in [9.17, 15) is 14.4 Å². The maximum atomic E-state index is 12.5. The van der Waals surface area contributed by atoms with Gasteiger partial charge in [-0.2, -0.15) is 0 Å². The molecule has 0 radical (unpaired) electrons. The van der Waals surface area contributed by atoms with Crippen molar-refractivity contribution in [1.29, 1.82) is 0 Å². The molecule has 7 heteroatoms. The van der Waals surface area contributed by atoms with Gasteiger partial charge in [0.25, 0.3) is 5.91 Å². The first-order valence-corrected chi connectivity index (χ1v) is 10.0. The van der Waals surface area contributed by atoms with Crippen molar-refractivity contribution in [2.75, 3.05) is 18.1 Å². The minimum absolute atomic E-state index is 0.0863. The minimum Gasteiger partial charge on any atom is -0.494 e. The molecule has 1 aromatic carbocycles. The van der Waals surface area contributed by atoms with E-state index >= 15 is 0 Å². The first kappa shape index (κ1) is 20.2. The van der Waals surface area contributed by atoms with Gasteiger partial charge in [0, 0.05) is 24.7 Å². The largest absolute Gasteiger partial charge is 0.494 e. The van der Waals surface area contributed by atoms with Crippen LogP contribution in [-0.4, -0.2) is 43.1 Å². The zero-order valence-corrected chi connectivity index (χ0v) is 16.5. The van der Waals surface area contributed by atoms with Crippen molar-refractivity contribution in [2.45, 2.75) is 58.1 Å². The molecule has 3 rings (SSSR count). The number of hydrogen-bond acceptors (Lipinski definition) is 5. The maximum Gasteiger partial charge on any atom is 0.312 e. The Morgan fingerprint density at radius 2 is 1.89 bits per heavy atom. The molecule has 0 spiro atoms. The van der Waals surface area contributed by atoms with Gasteiger partial charge in [0.1, 0.15) is 5.75 Å². The van der Waals surface area contributed by atoms with Crippen molar-refractivity contribution in [1.82, 2.24) is 5.32 Å². The van der Waals surface area contributed by atoms with Gasteiger partial charge >= 0.3 is 5.97 Å². The van der Waals surface area contributed by atoms with Crippen molar-refractivity contribution in [3.63, 3.8) is 0 Å². The molecular weight excluding hydrogens is 360 g/mol. The molecule has 2 fully saturated rings. The number of nitrogens with zero attached hydrogens (tertiary/aromatic N) is 1. The SMILES string of the molecule is CCOc1ccc(N2C[C@@H](C(=O)O[C@@H](C)C(=O)NC3CCCC3)CC2=O)cc1. The number of anilines is 1. The Kier molecular flexibility index (Phi) is 6.54. The molecule has 0 aromatic heterocycles. The van der Waals surface area contributed by atoms with Crippen LogP contribution in [0.3, 0.4) is 0 Å². The predicted octanol–water partition coefficient (Wildman–Crippen LogP) is 2.43. The van der Waals surface area contributed by atoms with Crippen LogP contribution in [0.1, 0.15) is 46.0 Å². The monoisotopic (exact) mass is 388 g/mol. The van der Waals surface area contributed by atoms with Crippen LogP contribution in [-0.2, 0) is 19.1 Å². The van der Waals surface area contributed by atoms with Crippen LogP contribution in [0.15, 0.2) is 24.3 Å². The topological polar surface area (TPSA) is 84.9 Å². The van der Waals surface area contributed by atoms with Crippen LogP contribution >= 0.6 is 0 Å². The summed E-state index contributed by atoms with van der Waals surface area (Å²) in [6, 6.07) is 7.38. The van der Waals surface area contributed by atoms with Gasteiger partial charge in [-0.25, -0.2) is 0 Å². The second-order valence-electron chi connectivity index (χ2n) is 7.40. The summed E-state index contributed by atoms with van der Waals surface area (Å²) in [4.78, 5) is 38.6. The van der Waals surface area contributed by atoms with Crippen molar-refractivity contribution in [3.8, 4) is 5.75 Å². The predicted molar refractivity (Wildman–Crippen MR) is 104 cm³/mol. The highest BCUT2D eigenvalue weighted by molar-refractivity contribution is 5.99. The number of nitrogens with one attached hydrogen (secondary N) is 1. The highest BCUT2D eigenvalue weighted by Crippen LogP contribution is 2.28. The lowest BCUT2D eigenvalue weighted by molar-refractivity contribution is -0.158. The third-order valence-corrected chi connectivity index (χ3v) is 5.28. The van der Waals surface area contributed by atoms with E-state index < -0.39 is 18.0 Å². The van der Waals surface area contributed by atoms with E-state index in [1.807, 2.05) is 6.92 Å². The molecular formula is C21H28N2O5. The quantitative estimate of drug-likeness (QED) is 0.725. The Morgan fingerprint density at radius 1 is 1.21 bits per heavy atom. The van der Waals surface area contributed by atoms with Crippen molar-refractivity contribution < 1.29 is 23.9 Å². The van der Waals surface area contributed by atoms with Crippen LogP contribution < -0.4 is 15.0 Å². The molecule has 2 amide bonds. The van der Waals surface area contributed by atoms with E-state index in [4.69, 9.17) is 9.47 Å². The number of benzene rings is 1. The van der Waals surface area contributed by atoms with Gasteiger partial charge in [0.15, 0.2) is 6.10 Å². The van der Waals surface area contributed by atoms with Crippen LogP contribution in [0.2, 0.25) is 0 Å². The molecule has 2 atom stereocenters.